The van der Waals surface area contributed by atoms with Crippen LogP contribution in [0, 0.1) is 0 Å². The Kier molecular flexibility index (Phi) is 3.52. The Morgan fingerprint density at radius 2 is 1.55 bits per heavy atom. The molecule has 0 bridgehead atoms. The van der Waals surface area contributed by atoms with Gasteiger partial charge in [-0.25, -0.2) is 4.98 Å². The van der Waals surface area contributed by atoms with E-state index in [1.165, 1.54) is 18.2 Å². The molecule has 7 heteroatoms. The van der Waals surface area contributed by atoms with Crippen LogP contribution in [0.4, 0.5) is 5.95 Å². The Hall–Kier alpha value is -2.86. The largest absolute Gasteiger partial charge is 0.508 e. The summed E-state index contributed by atoms with van der Waals surface area (Å²) in [7, 11) is 0. The van der Waals surface area contributed by atoms with Crippen LogP contribution in [0.15, 0.2) is 42.5 Å². The minimum absolute atomic E-state index is 0.0300. The molecule has 0 radical (unpaired) electrons. The lowest BCUT2D eigenvalue weighted by molar-refractivity contribution is 0.451. The first kappa shape index (κ1) is 14.1. The number of hydrogen-bond donors (Lipinski definition) is 3. The highest BCUT2D eigenvalue weighted by Gasteiger charge is 2.12. The van der Waals surface area contributed by atoms with E-state index in [-0.39, 0.29) is 23.3 Å². The van der Waals surface area contributed by atoms with Crippen LogP contribution in [0.2, 0.25) is 5.02 Å². The fourth-order valence-electron chi connectivity index (χ4n) is 1.95. The quantitative estimate of drug-likeness (QED) is 0.671. The van der Waals surface area contributed by atoms with Crippen molar-refractivity contribution < 1.29 is 10.2 Å². The summed E-state index contributed by atoms with van der Waals surface area (Å²) in [5, 5.41) is 19.9. The molecule has 0 unspecified atom stereocenters. The van der Waals surface area contributed by atoms with E-state index in [0.29, 0.717) is 16.4 Å². The fraction of sp³-hybridized carbons (Fsp3) is 0. The highest BCUT2D eigenvalue weighted by Crippen LogP contribution is 2.31. The number of aromatic hydroxyl groups is 2. The Morgan fingerprint density at radius 3 is 2.23 bits per heavy atom. The summed E-state index contributed by atoms with van der Waals surface area (Å²) < 4.78 is 0. The number of halogens is 1. The number of rotatable bonds is 2. The number of anilines is 1. The van der Waals surface area contributed by atoms with Crippen molar-refractivity contribution in [2.45, 2.75) is 0 Å². The van der Waals surface area contributed by atoms with E-state index in [0.717, 1.165) is 5.56 Å². The molecule has 0 aliphatic rings. The standard InChI is InChI=1S/C15H11ClN4O2/c16-9-3-1-8(2-4-9)13-18-14(20-15(17)19-13)11-6-5-10(21)7-12(11)22/h1-7,21-22H,(H2,17,18,19,20). The minimum Gasteiger partial charge on any atom is -0.508 e. The number of hydrogen-bond acceptors (Lipinski definition) is 6. The van der Waals surface area contributed by atoms with Gasteiger partial charge in [-0.2, -0.15) is 9.97 Å². The van der Waals surface area contributed by atoms with Crippen molar-refractivity contribution in [2.75, 3.05) is 5.73 Å². The van der Waals surface area contributed by atoms with Crippen LogP contribution in [0.3, 0.4) is 0 Å². The maximum Gasteiger partial charge on any atom is 0.224 e. The number of benzene rings is 2. The van der Waals surface area contributed by atoms with Gasteiger partial charge >= 0.3 is 0 Å². The Morgan fingerprint density at radius 1 is 0.864 bits per heavy atom. The monoisotopic (exact) mass is 314 g/mol. The summed E-state index contributed by atoms with van der Waals surface area (Å²) >= 11 is 5.86. The minimum atomic E-state index is -0.146. The first-order valence-electron chi connectivity index (χ1n) is 6.33. The molecule has 3 rings (SSSR count). The molecule has 0 spiro atoms. The Bertz CT molecular complexity index is 837. The second-order valence-corrected chi connectivity index (χ2v) is 4.99. The lowest BCUT2D eigenvalue weighted by atomic mass is 10.1. The molecule has 0 aliphatic heterocycles. The molecule has 1 aromatic heterocycles. The van der Waals surface area contributed by atoms with Gasteiger partial charge in [0.1, 0.15) is 11.5 Å². The highest BCUT2D eigenvalue weighted by atomic mass is 35.5. The van der Waals surface area contributed by atoms with Gasteiger partial charge in [-0.05, 0) is 36.4 Å². The van der Waals surface area contributed by atoms with Crippen molar-refractivity contribution in [3.63, 3.8) is 0 Å². The van der Waals surface area contributed by atoms with E-state index in [4.69, 9.17) is 17.3 Å². The van der Waals surface area contributed by atoms with Gasteiger partial charge in [0.15, 0.2) is 11.6 Å². The van der Waals surface area contributed by atoms with Crippen LogP contribution in [-0.4, -0.2) is 25.2 Å². The Labute approximate surface area is 130 Å². The third-order valence-electron chi connectivity index (χ3n) is 2.98. The van der Waals surface area contributed by atoms with Crippen LogP contribution in [0.25, 0.3) is 22.8 Å². The maximum absolute atomic E-state index is 9.91. The molecule has 0 atom stereocenters. The molecular weight excluding hydrogens is 304 g/mol. The molecule has 110 valence electrons. The zero-order chi connectivity index (χ0) is 15.7. The predicted octanol–water partition coefficient (Wildman–Crippen LogP) is 2.85. The summed E-state index contributed by atoms with van der Waals surface area (Å²) in [4.78, 5) is 12.4. The molecule has 6 nitrogen and oxygen atoms in total. The van der Waals surface area contributed by atoms with Crippen molar-refractivity contribution in [1.82, 2.24) is 15.0 Å². The Balaban J connectivity index is 2.12. The zero-order valence-corrected chi connectivity index (χ0v) is 12.0. The molecule has 3 aromatic rings. The number of phenols is 2. The molecule has 4 N–H and O–H groups in total. The average molecular weight is 315 g/mol. The van der Waals surface area contributed by atoms with E-state index in [9.17, 15) is 10.2 Å². The molecule has 2 aromatic carbocycles. The maximum atomic E-state index is 9.91. The average Bonchev–Trinajstić information content (AvgIpc) is 2.47. The van der Waals surface area contributed by atoms with E-state index in [2.05, 4.69) is 15.0 Å². The topological polar surface area (TPSA) is 105 Å². The van der Waals surface area contributed by atoms with E-state index < -0.39 is 0 Å². The normalized spacial score (nSPS) is 10.6. The highest BCUT2D eigenvalue weighted by molar-refractivity contribution is 6.30. The van der Waals surface area contributed by atoms with Crippen LogP contribution in [-0.2, 0) is 0 Å². The lowest BCUT2D eigenvalue weighted by Gasteiger charge is -2.07. The van der Waals surface area contributed by atoms with Gasteiger partial charge in [0.05, 0.1) is 5.56 Å². The molecule has 1 heterocycles. The number of nitrogen functional groups attached to an aromatic ring is 1. The SMILES string of the molecule is Nc1nc(-c2ccc(Cl)cc2)nc(-c2ccc(O)cc2O)n1. The molecule has 22 heavy (non-hydrogen) atoms. The number of nitrogens with zero attached hydrogens (tertiary/aromatic N) is 3. The van der Waals surface area contributed by atoms with Crippen molar-refractivity contribution in [1.29, 1.82) is 0 Å². The predicted molar refractivity (Wildman–Crippen MR) is 83.5 cm³/mol. The lowest BCUT2D eigenvalue weighted by Crippen LogP contribution is -2.02. The van der Waals surface area contributed by atoms with Crippen molar-refractivity contribution in [3.8, 4) is 34.3 Å². The summed E-state index contributed by atoms with van der Waals surface area (Å²) in [6.45, 7) is 0. The van der Waals surface area contributed by atoms with Gasteiger partial charge in [-0.3, -0.25) is 0 Å². The molecule has 0 fully saturated rings. The summed E-state index contributed by atoms with van der Waals surface area (Å²) in [6.07, 6.45) is 0. The van der Waals surface area contributed by atoms with Gasteiger partial charge < -0.3 is 15.9 Å². The summed E-state index contributed by atoms with van der Waals surface area (Å²) in [6, 6.07) is 11.1. The van der Waals surface area contributed by atoms with E-state index >= 15 is 0 Å². The number of aromatic nitrogens is 3. The fourth-order valence-corrected chi connectivity index (χ4v) is 2.08. The smallest absolute Gasteiger partial charge is 0.224 e. The van der Waals surface area contributed by atoms with Crippen molar-refractivity contribution >= 4 is 17.5 Å². The first-order valence-corrected chi connectivity index (χ1v) is 6.70. The van der Waals surface area contributed by atoms with E-state index in [1.807, 2.05) is 0 Å². The molecule has 0 amide bonds. The van der Waals surface area contributed by atoms with Crippen LogP contribution in [0.5, 0.6) is 11.5 Å². The van der Waals surface area contributed by atoms with E-state index in [1.54, 1.807) is 24.3 Å². The molecular formula is C15H11ClN4O2. The molecule has 0 saturated carbocycles. The molecule has 0 saturated heterocycles. The summed E-state index contributed by atoms with van der Waals surface area (Å²) in [5.74, 6) is 0.415. The number of nitrogens with two attached hydrogens (primary N) is 1. The van der Waals surface area contributed by atoms with Gasteiger partial charge in [-0.15, -0.1) is 0 Å². The van der Waals surface area contributed by atoms with Crippen molar-refractivity contribution in [3.05, 3.63) is 47.5 Å². The van der Waals surface area contributed by atoms with Crippen LogP contribution in [0.1, 0.15) is 0 Å². The number of phenolic OH excluding ortho intramolecular Hbond substituents is 2. The third-order valence-corrected chi connectivity index (χ3v) is 3.23. The van der Waals surface area contributed by atoms with Gasteiger partial charge in [-0.1, -0.05) is 11.6 Å². The first-order chi connectivity index (χ1) is 10.5. The second kappa shape index (κ2) is 5.50. The zero-order valence-electron chi connectivity index (χ0n) is 11.2. The summed E-state index contributed by atoms with van der Waals surface area (Å²) in [5.41, 5.74) is 6.79. The van der Waals surface area contributed by atoms with Crippen LogP contribution >= 0.6 is 11.6 Å². The molecule has 0 aliphatic carbocycles. The van der Waals surface area contributed by atoms with Gasteiger partial charge in [0.25, 0.3) is 0 Å². The van der Waals surface area contributed by atoms with Crippen LogP contribution < -0.4 is 5.73 Å². The third kappa shape index (κ3) is 2.77. The van der Waals surface area contributed by atoms with Gasteiger partial charge in [0, 0.05) is 16.7 Å². The van der Waals surface area contributed by atoms with Crippen molar-refractivity contribution in [2.24, 2.45) is 0 Å². The van der Waals surface area contributed by atoms with Gasteiger partial charge in [0.2, 0.25) is 5.95 Å². The second-order valence-electron chi connectivity index (χ2n) is 4.55.